The van der Waals surface area contributed by atoms with Crippen LogP contribution in [0.25, 0.3) is 0 Å². The standard InChI is InChI=1S/C19H23NO2/c1-4-14(2)16-9-11-17(12-10-16)20-19(21)13-22-18-8-6-5-7-15(18)3/h5-12,14H,4,13H2,1-3H3,(H,20,21)/t14-/m0/s1. The molecule has 0 spiro atoms. The van der Waals surface area contributed by atoms with Crippen molar-refractivity contribution in [3.05, 3.63) is 59.7 Å². The number of amides is 1. The molecule has 1 atom stereocenters. The van der Waals surface area contributed by atoms with E-state index in [1.807, 2.05) is 43.3 Å². The van der Waals surface area contributed by atoms with Gasteiger partial charge in [-0.05, 0) is 48.6 Å². The number of aryl methyl sites for hydroxylation is 1. The van der Waals surface area contributed by atoms with Gasteiger partial charge in [0, 0.05) is 5.69 Å². The molecular formula is C19H23NO2. The molecule has 2 rings (SSSR count). The van der Waals surface area contributed by atoms with E-state index in [1.165, 1.54) is 5.56 Å². The SMILES string of the molecule is CC[C@H](C)c1ccc(NC(=O)COc2ccccc2C)cc1. The summed E-state index contributed by atoms with van der Waals surface area (Å²) in [5, 5.41) is 2.85. The lowest BCUT2D eigenvalue weighted by Gasteiger charge is -2.11. The van der Waals surface area contributed by atoms with E-state index in [9.17, 15) is 4.79 Å². The van der Waals surface area contributed by atoms with Crippen molar-refractivity contribution in [1.82, 2.24) is 0 Å². The smallest absolute Gasteiger partial charge is 0.262 e. The van der Waals surface area contributed by atoms with Crippen molar-refractivity contribution >= 4 is 11.6 Å². The predicted molar refractivity (Wildman–Crippen MR) is 90.5 cm³/mol. The van der Waals surface area contributed by atoms with Crippen molar-refractivity contribution in [3.8, 4) is 5.75 Å². The van der Waals surface area contributed by atoms with E-state index >= 15 is 0 Å². The van der Waals surface area contributed by atoms with Crippen LogP contribution in [-0.4, -0.2) is 12.5 Å². The van der Waals surface area contributed by atoms with E-state index in [0.717, 1.165) is 23.4 Å². The van der Waals surface area contributed by atoms with Gasteiger partial charge < -0.3 is 10.1 Å². The molecule has 0 aliphatic heterocycles. The zero-order chi connectivity index (χ0) is 15.9. The summed E-state index contributed by atoms with van der Waals surface area (Å²) in [6.07, 6.45) is 1.11. The quantitative estimate of drug-likeness (QED) is 0.851. The Morgan fingerprint density at radius 1 is 1.14 bits per heavy atom. The molecule has 3 heteroatoms. The number of benzene rings is 2. The minimum atomic E-state index is -0.153. The Balaban J connectivity index is 1.88. The average Bonchev–Trinajstić information content (AvgIpc) is 2.54. The van der Waals surface area contributed by atoms with Crippen molar-refractivity contribution < 1.29 is 9.53 Å². The molecule has 0 unspecified atom stereocenters. The number of carbonyl (C=O) groups excluding carboxylic acids is 1. The number of carbonyl (C=O) groups is 1. The van der Waals surface area contributed by atoms with Gasteiger partial charge in [0.2, 0.25) is 0 Å². The maximum Gasteiger partial charge on any atom is 0.262 e. The molecule has 22 heavy (non-hydrogen) atoms. The summed E-state index contributed by atoms with van der Waals surface area (Å²) in [6.45, 7) is 6.34. The minimum absolute atomic E-state index is 0.0119. The molecule has 0 aromatic heterocycles. The van der Waals surface area contributed by atoms with Gasteiger partial charge >= 0.3 is 0 Å². The molecule has 0 aliphatic rings. The molecular weight excluding hydrogens is 274 g/mol. The first-order chi connectivity index (χ1) is 10.6. The van der Waals surface area contributed by atoms with Crippen LogP contribution in [0.4, 0.5) is 5.69 Å². The van der Waals surface area contributed by atoms with Gasteiger partial charge in [-0.2, -0.15) is 0 Å². The third-order valence-corrected chi connectivity index (χ3v) is 3.83. The predicted octanol–water partition coefficient (Wildman–Crippen LogP) is 4.53. The van der Waals surface area contributed by atoms with E-state index in [-0.39, 0.29) is 12.5 Å². The zero-order valence-corrected chi connectivity index (χ0v) is 13.4. The molecule has 1 N–H and O–H groups in total. The Hall–Kier alpha value is -2.29. The maximum absolute atomic E-state index is 11.9. The van der Waals surface area contributed by atoms with Crippen LogP contribution in [0.5, 0.6) is 5.75 Å². The first-order valence-corrected chi connectivity index (χ1v) is 7.68. The van der Waals surface area contributed by atoms with Gasteiger partial charge in [0.25, 0.3) is 5.91 Å². The van der Waals surface area contributed by atoms with E-state index in [4.69, 9.17) is 4.74 Å². The summed E-state index contributed by atoms with van der Waals surface area (Å²) in [6, 6.07) is 15.7. The Bertz CT molecular complexity index is 620. The molecule has 0 radical (unpaired) electrons. The summed E-state index contributed by atoms with van der Waals surface area (Å²) < 4.78 is 5.54. The first kappa shape index (κ1) is 16.1. The van der Waals surface area contributed by atoms with Crippen molar-refractivity contribution in [1.29, 1.82) is 0 Å². The highest BCUT2D eigenvalue weighted by molar-refractivity contribution is 5.91. The summed E-state index contributed by atoms with van der Waals surface area (Å²) in [4.78, 5) is 11.9. The van der Waals surface area contributed by atoms with Gasteiger partial charge in [0.1, 0.15) is 5.75 Å². The fraction of sp³-hybridized carbons (Fsp3) is 0.316. The van der Waals surface area contributed by atoms with Crippen molar-refractivity contribution in [2.45, 2.75) is 33.1 Å². The highest BCUT2D eigenvalue weighted by Crippen LogP contribution is 2.20. The first-order valence-electron chi connectivity index (χ1n) is 7.68. The van der Waals surface area contributed by atoms with Crippen LogP contribution in [-0.2, 0) is 4.79 Å². The highest BCUT2D eigenvalue weighted by Gasteiger charge is 2.06. The third-order valence-electron chi connectivity index (χ3n) is 3.83. The van der Waals surface area contributed by atoms with Crippen LogP contribution in [0.1, 0.15) is 37.3 Å². The molecule has 2 aromatic rings. The molecule has 1 amide bonds. The zero-order valence-electron chi connectivity index (χ0n) is 13.4. The molecule has 0 fully saturated rings. The number of hydrogen-bond donors (Lipinski definition) is 1. The molecule has 0 saturated carbocycles. The lowest BCUT2D eigenvalue weighted by atomic mass is 9.99. The van der Waals surface area contributed by atoms with Crippen molar-refractivity contribution in [2.24, 2.45) is 0 Å². The number of ether oxygens (including phenoxy) is 1. The highest BCUT2D eigenvalue weighted by atomic mass is 16.5. The molecule has 116 valence electrons. The fourth-order valence-electron chi connectivity index (χ4n) is 2.19. The molecule has 0 aliphatic carbocycles. The lowest BCUT2D eigenvalue weighted by molar-refractivity contribution is -0.118. The average molecular weight is 297 g/mol. The van der Waals surface area contributed by atoms with Crippen LogP contribution in [0.3, 0.4) is 0 Å². The van der Waals surface area contributed by atoms with Gasteiger partial charge in [0.15, 0.2) is 6.61 Å². The Labute approximate surface area is 132 Å². The monoisotopic (exact) mass is 297 g/mol. The van der Waals surface area contributed by atoms with E-state index in [0.29, 0.717) is 5.92 Å². The molecule has 0 saturated heterocycles. The number of hydrogen-bond acceptors (Lipinski definition) is 2. The number of anilines is 1. The van der Waals surface area contributed by atoms with Gasteiger partial charge in [0.05, 0.1) is 0 Å². The van der Waals surface area contributed by atoms with Gasteiger partial charge in [-0.15, -0.1) is 0 Å². The topological polar surface area (TPSA) is 38.3 Å². The second kappa shape index (κ2) is 7.64. The van der Waals surface area contributed by atoms with Crippen LogP contribution < -0.4 is 10.1 Å². The number of para-hydroxylation sites is 1. The van der Waals surface area contributed by atoms with Crippen LogP contribution in [0, 0.1) is 6.92 Å². The molecule has 0 heterocycles. The van der Waals surface area contributed by atoms with E-state index in [1.54, 1.807) is 0 Å². The van der Waals surface area contributed by atoms with E-state index in [2.05, 4.69) is 31.3 Å². The molecule has 0 bridgehead atoms. The van der Waals surface area contributed by atoms with Crippen LogP contribution >= 0.6 is 0 Å². The Morgan fingerprint density at radius 2 is 1.82 bits per heavy atom. The normalized spacial score (nSPS) is 11.8. The molecule has 3 nitrogen and oxygen atoms in total. The Kier molecular flexibility index (Phi) is 5.59. The summed E-state index contributed by atoms with van der Waals surface area (Å²) >= 11 is 0. The summed E-state index contributed by atoms with van der Waals surface area (Å²) in [5.74, 6) is 1.12. The third kappa shape index (κ3) is 4.35. The molecule has 2 aromatic carbocycles. The lowest BCUT2D eigenvalue weighted by Crippen LogP contribution is -2.20. The summed E-state index contributed by atoms with van der Waals surface area (Å²) in [5.41, 5.74) is 3.11. The van der Waals surface area contributed by atoms with Gasteiger partial charge in [-0.25, -0.2) is 0 Å². The van der Waals surface area contributed by atoms with Crippen molar-refractivity contribution in [2.75, 3.05) is 11.9 Å². The summed E-state index contributed by atoms with van der Waals surface area (Å²) in [7, 11) is 0. The van der Waals surface area contributed by atoms with Crippen LogP contribution in [0.15, 0.2) is 48.5 Å². The second-order valence-corrected chi connectivity index (χ2v) is 5.53. The fourth-order valence-corrected chi connectivity index (χ4v) is 2.19. The van der Waals surface area contributed by atoms with E-state index < -0.39 is 0 Å². The second-order valence-electron chi connectivity index (χ2n) is 5.53. The Morgan fingerprint density at radius 3 is 2.45 bits per heavy atom. The number of rotatable bonds is 6. The van der Waals surface area contributed by atoms with Gasteiger partial charge in [-0.3, -0.25) is 4.79 Å². The minimum Gasteiger partial charge on any atom is -0.483 e. The number of nitrogens with one attached hydrogen (secondary N) is 1. The maximum atomic E-state index is 11.9. The largest absolute Gasteiger partial charge is 0.483 e. The van der Waals surface area contributed by atoms with Crippen molar-refractivity contribution in [3.63, 3.8) is 0 Å². The van der Waals surface area contributed by atoms with Gasteiger partial charge in [-0.1, -0.05) is 44.2 Å². The van der Waals surface area contributed by atoms with Crippen LogP contribution in [0.2, 0.25) is 0 Å².